The van der Waals surface area contributed by atoms with Crippen molar-refractivity contribution in [1.29, 1.82) is 0 Å². The van der Waals surface area contributed by atoms with Gasteiger partial charge in [-0.15, -0.1) is 0 Å². The van der Waals surface area contributed by atoms with Crippen molar-refractivity contribution in [2.45, 2.75) is 41.0 Å². The van der Waals surface area contributed by atoms with Crippen LogP contribution in [0.2, 0.25) is 0 Å². The third-order valence-corrected chi connectivity index (χ3v) is 3.45. The number of hydrogen-bond acceptors (Lipinski definition) is 2. The molecule has 1 atom stereocenters. The van der Waals surface area contributed by atoms with Gasteiger partial charge in [0.05, 0.1) is 0 Å². The Morgan fingerprint density at radius 1 is 1.39 bits per heavy atom. The van der Waals surface area contributed by atoms with Crippen LogP contribution in [0, 0.1) is 18.3 Å². The number of carbonyl (C=O) groups excluding carboxylic acids is 1. The maximum Gasteiger partial charge on any atom is 0.224 e. The van der Waals surface area contributed by atoms with Crippen molar-refractivity contribution >= 4 is 11.6 Å². The summed E-state index contributed by atoms with van der Waals surface area (Å²) >= 11 is 0. The zero-order valence-corrected chi connectivity index (χ0v) is 11.9. The Balaban J connectivity index is 2.65. The van der Waals surface area contributed by atoms with Gasteiger partial charge < -0.3 is 10.4 Å². The molecule has 0 fully saturated rings. The average Bonchev–Trinajstić information content (AvgIpc) is 2.20. The van der Waals surface area contributed by atoms with Gasteiger partial charge >= 0.3 is 0 Å². The van der Waals surface area contributed by atoms with E-state index in [1.165, 1.54) is 0 Å². The number of anilines is 1. The highest BCUT2D eigenvalue weighted by atomic mass is 16.3. The van der Waals surface area contributed by atoms with Crippen molar-refractivity contribution in [1.82, 2.24) is 0 Å². The fourth-order valence-corrected chi connectivity index (χ4v) is 1.57. The molecule has 0 aliphatic heterocycles. The third-order valence-electron chi connectivity index (χ3n) is 3.45. The van der Waals surface area contributed by atoms with Crippen LogP contribution in [0.1, 0.15) is 39.7 Å². The van der Waals surface area contributed by atoms with Crippen molar-refractivity contribution in [3.63, 3.8) is 0 Å². The predicted molar refractivity (Wildman–Crippen MR) is 74.7 cm³/mol. The van der Waals surface area contributed by atoms with Crippen molar-refractivity contribution < 1.29 is 9.90 Å². The Labute approximate surface area is 109 Å². The molecular weight excluding hydrogens is 226 g/mol. The van der Waals surface area contributed by atoms with E-state index >= 15 is 0 Å². The summed E-state index contributed by atoms with van der Waals surface area (Å²) in [4.78, 5) is 11.9. The van der Waals surface area contributed by atoms with E-state index < -0.39 is 0 Å². The molecule has 3 heteroatoms. The zero-order valence-electron chi connectivity index (χ0n) is 11.9. The van der Waals surface area contributed by atoms with Crippen LogP contribution in [0.15, 0.2) is 18.2 Å². The molecule has 1 aromatic rings. The quantitative estimate of drug-likeness (QED) is 0.802. The summed E-state index contributed by atoms with van der Waals surface area (Å²) in [7, 11) is 0. The number of rotatable bonds is 3. The molecule has 0 saturated carbocycles. The fourth-order valence-electron chi connectivity index (χ4n) is 1.57. The maximum atomic E-state index is 11.9. The normalized spacial score (nSPS) is 13.2. The number of amides is 1. The molecule has 1 rings (SSSR count). The molecule has 18 heavy (non-hydrogen) atoms. The molecule has 0 bridgehead atoms. The maximum absolute atomic E-state index is 11.9. The Bertz CT molecular complexity index is 433. The van der Waals surface area contributed by atoms with Crippen LogP contribution in [-0.4, -0.2) is 11.0 Å². The van der Waals surface area contributed by atoms with Crippen LogP contribution < -0.4 is 5.32 Å². The first-order valence-corrected chi connectivity index (χ1v) is 6.29. The highest BCUT2D eigenvalue weighted by Crippen LogP contribution is 2.28. The Kier molecular flexibility index (Phi) is 4.38. The molecule has 1 unspecified atom stereocenters. The first-order chi connectivity index (χ1) is 8.20. The molecule has 1 aromatic carbocycles. The molecular formula is C15H23NO2. The lowest BCUT2D eigenvalue weighted by Gasteiger charge is -2.26. The largest absolute Gasteiger partial charge is 0.508 e. The molecule has 0 radical (unpaired) electrons. The summed E-state index contributed by atoms with van der Waals surface area (Å²) in [5.41, 5.74) is 1.76. The van der Waals surface area contributed by atoms with E-state index in [9.17, 15) is 9.90 Å². The lowest BCUT2D eigenvalue weighted by Crippen LogP contribution is -2.24. The standard InChI is InChI=1S/C15H23NO2/c1-10-8-12(17)6-7-13(10)16-14(18)9-11(2)15(3,4)5/h6-8,11,17H,9H2,1-5H3,(H,16,18). The SMILES string of the molecule is Cc1cc(O)ccc1NC(=O)CC(C)C(C)(C)C. The van der Waals surface area contributed by atoms with Crippen LogP contribution in [-0.2, 0) is 4.79 Å². The number of hydrogen-bond donors (Lipinski definition) is 2. The number of benzene rings is 1. The van der Waals surface area contributed by atoms with Gasteiger partial charge in [0.1, 0.15) is 5.75 Å². The van der Waals surface area contributed by atoms with Gasteiger partial charge in [0.25, 0.3) is 0 Å². The van der Waals surface area contributed by atoms with Gasteiger partial charge in [0.15, 0.2) is 0 Å². The summed E-state index contributed by atoms with van der Waals surface area (Å²) in [5, 5.41) is 12.2. The number of phenolic OH excluding ortho intramolecular Hbond substituents is 1. The third kappa shape index (κ3) is 4.06. The predicted octanol–water partition coefficient (Wildman–Crippen LogP) is 3.71. The van der Waals surface area contributed by atoms with E-state index in [4.69, 9.17) is 0 Å². The molecule has 0 aliphatic carbocycles. The van der Waals surface area contributed by atoms with Crippen molar-refractivity contribution in [2.75, 3.05) is 5.32 Å². The van der Waals surface area contributed by atoms with Crippen molar-refractivity contribution in [3.8, 4) is 5.75 Å². The van der Waals surface area contributed by atoms with Crippen molar-refractivity contribution in [3.05, 3.63) is 23.8 Å². The highest BCUT2D eigenvalue weighted by molar-refractivity contribution is 5.91. The van der Waals surface area contributed by atoms with E-state index in [2.05, 4.69) is 33.0 Å². The average molecular weight is 249 g/mol. The van der Waals surface area contributed by atoms with Crippen LogP contribution in [0.25, 0.3) is 0 Å². The van der Waals surface area contributed by atoms with Crippen LogP contribution >= 0.6 is 0 Å². The van der Waals surface area contributed by atoms with E-state index in [1.54, 1.807) is 18.2 Å². The number of nitrogens with one attached hydrogen (secondary N) is 1. The van der Waals surface area contributed by atoms with E-state index in [1.807, 2.05) is 6.92 Å². The summed E-state index contributed by atoms with van der Waals surface area (Å²) in [6.45, 7) is 10.4. The minimum Gasteiger partial charge on any atom is -0.508 e. The topological polar surface area (TPSA) is 49.3 Å². The van der Waals surface area contributed by atoms with Crippen LogP contribution in [0.5, 0.6) is 5.75 Å². The summed E-state index contributed by atoms with van der Waals surface area (Å²) < 4.78 is 0. The van der Waals surface area contributed by atoms with Gasteiger partial charge in [-0.25, -0.2) is 0 Å². The van der Waals surface area contributed by atoms with Gasteiger partial charge in [-0.1, -0.05) is 27.7 Å². The molecule has 0 aliphatic rings. The van der Waals surface area contributed by atoms with E-state index in [-0.39, 0.29) is 17.1 Å². The molecule has 0 saturated heterocycles. The highest BCUT2D eigenvalue weighted by Gasteiger charge is 2.22. The minimum absolute atomic E-state index is 0.0196. The molecule has 0 spiro atoms. The smallest absolute Gasteiger partial charge is 0.224 e. The Morgan fingerprint density at radius 2 is 2.00 bits per heavy atom. The van der Waals surface area contributed by atoms with E-state index in [0.29, 0.717) is 12.3 Å². The zero-order chi connectivity index (χ0) is 13.9. The lowest BCUT2D eigenvalue weighted by atomic mass is 9.80. The Morgan fingerprint density at radius 3 is 2.50 bits per heavy atom. The van der Waals surface area contributed by atoms with Crippen LogP contribution in [0.3, 0.4) is 0 Å². The molecule has 100 valence electrons. The van der Waals surface area contributed by atoms with Gasteiger partial charge in [-0.3, -0.25) is 4.79 Å². The molecule has 3 nitrogen and oxygen atoms in total. The second-order valence-corrected chi connectivity index (χ2v) is 6.02. The minimum atomic E-state index is 0.0196. The first-order valence-electron chi connectivity index (χ1n) is 6.29. The van der Waals surface area contributed by atoms with Gasteiger partial charge in [0, 0.05) is 12.1 Å². The molecule has 1 amide bonds. The summed E-state index contributed by atoms with van der Waals surface area (Å²) in [6.07, 6.45) is 0.504. The monoisotopic (exact) mass is 249 g/mol. The van der Waals surface area contributed by atoms with E-state index in [0.717, 1.165) is 11.3 Å². The molecule has 0 aromatic heterocycles. The fraction of sp³-hybridized carbons (Fsp3) is 0.533. The summed E-state index contributed by atoms with van der Waals surface area (Å²) in [6, 6.07) is 4.95. The Hall–Kier alpha value is -1.51. The number of phenols is 1. The van der Waals surface area contributed by atoms with Gasteiger partial charge in [-0.05, 0) is 42.0 Å². The molecule has 0 heterocycles. The number of carbonyl (C=O) groups is 1. The van der Waals surface area contributed by atoms with Crippen LogP contribution in [0.4, 0.5) is 5.69 Å². The number of aryl methyl sites for hydroxylation is 1. The van der Waals surface area contributed by atoms with Gasteiger partial charge in [0.2, 0.25) is 5.91 Å². The molecule has 2 N–H and O–H groups in total. The van der Waals surface area contributed by atoms with Crippen molar-refractivity contribution in [2.24, 2.45) is 11.3 Å². The lowest BCUT2D eigenvalue weighted by molar-refractivity contribution is -0.117. The second-order valence-electron chi connectivity index (χ2n) is 6.02. The summed E-state index contributed by atoms with van der Waals surface area (Å²) in [5.74, 6) is 0.551. The second kappa shape index (κ2) is 5.42. The number of aromatic hydroxyl groups is 1. The van der Waals surface area contributed by atoms with Gasteiger partial charge in [-0.2, -0.15) is 0 Å². The first kappa shape index (κ1) is 14.6.